The van der Waals surface area contributed by atoms with Crippen LogP contribution in [0.2, 0.25) is 0 Å². The standard InChI is InChI=1S/C16H28N8S.HI/c1-17-15(18-8-13-11-25-16(21-13)23(4)5)19-9-14(22(2)3)12-7-20-24(6)10-12;/h7,10-11,14H,8-9H2,1-6H3,(H2,17,18,19);1H. The minimum Gasteiger partial charge on any atom is -0.354 e. The summed E-state index contributed by atoms with van der Waals surface area (Å²) in [6.07, 6.45) is 3.95. The number of nitrogens with zero attached hydrogens (tertiary/aromatic N) is 6. The highest BCUT2D eigenvalue weighted by atomic mass is 127. The largest absolute Gasteiger partial charge is 0.354 e. The maximum atomic E-state index is 4.57. The van der Waals surface area contributed by atoms with Gasteiger partial charge in [0.2, 0.25) is 0 Å². The molecule has 0 aliphatic rings. The number of anilines is 1. The van der Waals surface area contributed by atoms with Crippen LogP contribution in [0.4, 0.5) is 5.13 Å². The van der Waals surface area contributed by atoms with Crippen LogP contribution in [0, 0.1) is 0 Å². The topological polar surface area (TPSA) is 73.6 Å². The molecule has 2 N–H and O–H groups in total. The van der Waals surface area contributed by atoms with Crippen molar-refractivity contribution in [3.63, 3.8) is 0 Å². The second-order valence-corrected chi connectivity index (χ2v) is 7.09. The summed E-state index contributed by atoms with van der Waals surface area (Å²) in [7, 11) is 11.8. The van der Waals surface area contributed by atoms with Crippen LogP contribution in [0.25, 0.3) is 0 Å². The molecule has 146 valence electrons. The van der Waals surface area contributed by atoms with Gasteiger partial charge in [0.1, 0.15) is 0 Å². The van der Waals surface area contributed by atoms with Gasteiger partial charge >= 0.3 is 0 Å². The molecule has 2 aromatic rings. The Labute approximate surface area is 176 Å². The van der Waals surface area contributed by atoms with E-state index in [1.807, 2.05) is 43.1 Å². The predicted octanol–water partition coefficient (Wildman–Crippen LogP) is 1.53. The van der Waals surface area contributed by atoms with Crippen LogP contribution in [0.15, 0.2) is 22.8 Å². The van der Waals surface area contributed by atoms with E-state index >= 15 is 0 Å². The quantitative estimate of drug-likeness (QED) is 0.347. The molecule has 2 aromatic heterocycles. The van der Waals surface area contributed by atoms with Crippen molar-refractivity contribution in [3.8, 4) is 0 Å². The second-order valence-electron chi connectivity index (χ2n) is 6.25. The number of thiazole rings is 1. The predicted molar refractivity (Wildman–Crippen MR) is 120 cm³/mol. The minimum absolute atomic E-state index is 0. The molecular formula is C16H29IN8S. The summed E-state index contributed by atoms with van der Waals surface area (Å²) in [5, 5.41) is 14.0. The molecule has 1 unspecified atom stereocenters. The van der Waals surface area contributed by atoms with Crippen molar-refractivity contribution in [2.24, 2.45) is 12.0 Å². The molecule has 0 fully saturated rings. The first kappa shape index (κ1) is 22.6. The van der Waals surface area contributed by atoms with E-state index in [0.717, 1.165) is 23.3 Å². The molecule has 1 atom stereocenters. The van der Waals surface area contributed by atoms with Gasteiger partial charge < -0.3 is 20.4 Å². The van der Waals surface area contributed by atoms with E-state index in [1.54, 1.807) is 18.4 Å². The summed E-state index contributed by atoms with van der Waals surface area (Å²) in [4.78, 5) is 13.0. The van der Waals surface area contributed by atoms with Gasteiger partial charge in [-0.25, -0.2) is 4.98 Å². The van der Waals surface area contributed by atoms with E-state index < -0.39 is 0 Å². The smallest absolute Gasteiger partial charge is 0.191 e. The molecule has 0 amide bonds. The summed E-state index contributed by atoms with van der Waals surface area (Å²) in [5.74, 6) is 0.759. The van der Waals surface area contributed by atoms with Crippen molar-refractivity contribution in [2.75, 3.05) is 46.7 Å². The number of nitrogens with one attached hydrogen (secondary N) is 2. The molecule has 0 bridgehead atoms. The molecule has 0 radical (unpaired) electrons. The fourth-order valence-corrected chi connectivity index (χ4v) is 3.14. The molecule has 10 heteroatoms. The zero-order valence-electron chi connectivity index (χ0n) is 16.2. The van der Waals surface area contributed by atoms with Gasteiger partial charge in [-0.2, -0.15) is 5.10 Å². The molecule has 0 saturated carbocycles. The van der Waals surface area contributed by atoms with E-state index in [1.165, 1.54) is 5.56 Å². The highest BCUT2D eigenvalue weighted by molar-refractivity contribution is 14.0. The average molecular weight is 492 g/mol. The van der Waals surface area contributed by atoms with Gasteiger partial charge in [0.05, 0.1) is 24.5 Å². The average Bonchev–Trinajstić information content (AvgIpc) is 3.19. The van der Waals surface area contributed by atoms with Crippen LogP contribution in [0.1, 0.15) is 17.3 Å². The Kier molecular flexibility index (Phi) is 9.30. The van der Waals surface area contributed by atoms with Crippen molar-refractivity contribution >= 4 is 46.4 Å². The first-order chi connectivity index (χ1) is 11.9. The molecule has 2 heterocycles. The molecule has 0 aliphatic carbocycles. The van der Waals surface area contributed by atoms with Crippen molar-refractivity contribution in [1.29, 1.82) is 0 Å². The fourth-order valence-electron chi connectivity index (χ4n) is 2.38. The van der Waals surface area contributed by atoms with Crippen LogP contribution in [0.5, 0.6) is 0 Å². The molecule has 26 heavy (non-hydrogen) atoms. The van der Waals surface area contributed by atoms with Crippen LogP contribution in [-0.2, 0) is 13.6 Å². The van der Waals surface area contributed by atoms with Gasteiger partial charge in [-0.3, -0.25) is 9.67 Å². The third-order valence-electron chi connectivity index (χ3n) is 3.78. The number of likely N-dealkylation sites (N-methyl/N-ethyl adjacent to an activating group) is 1. The zero-order valence-corrected chi connectivity index (χ0v) is 19.4. The van der Waals surface area contributed by atoms with E-state index in [9.17, 15) is 0 Å². The maximum Gasteiger partial charge on any atom is 0.191 e. The third kappa shape index (κ3) is 6.40. The second kappa shape index (κ2) is 10.7. The molecule has 8 nitrogen and oxygen atoms in total. The molecule has 2 rings (SSSR count). The van der Waals surface area contributed by atoms with Crippen LogP contribution in [-0.4, -0.2) is 67.4 Å². The normalized spacial score (nSPS) is 12.7. The summed E-state index contributed by atoms with van der Waals surface area (Å²) < 4.78 is 1.82. The Morgan fingerprint density at radius 2 is 2.04 bits per heavy atom. The fraction of sp³-hybridized carbons (Fsp3) is 0.562. The number of hydrogen-bond donors (Lipinski definition) is 2. The molecule has 0 aromatic carbocycles. The highest BCUT2D eigenvalue weighted by Gasteiger charge is 2.16. The molecule has 0 saturated heterocycles. The Morgan fingerprint density at radius 3 is 2.54 bits per heavy atom. The number of aromatic nitrogens is 3. The van der Waals surface area contributed by atoms with Crippen LogP contribution in [0.3, 0.4) is 0 Å². The lowest BCUT2D eigenvalue weighted by molar-refractivity contribution is 0.298. The van der Waals surface area contributed by atoms with Crippen molar-refractivity contribution in [3.05, 3.63) is 29.0 Å². The van der Waals surface area contributed by atoms with E-state index in [0.29, 0.717) is 6.54 Å². The van der Waals surface area contributed by atoms with Gasteiger partial charge in [0.15, 0.2) is 11.1 Å². The zero-order chi connectivity index (χ0) is 18.4. The summed E-state index contributed by atoms with van der Waals surface area (Å²) in [6, 6.07) is 0.215. The lowest BCUT2D eigenvalue weighted by Gasteiger charge is -2.24. The number of halogens is 1. The van der Waals surface area contributed by atoms with Gasteiger partial charge in [0, 0.05) is 51.9 Å². The number of guanidine groups is 1. The van der Waals surface area contributed by atoms with Crippen LogP contribution < -0.4 is 15.5 Å². The van der Waals surface area contributed by atoms with Gasteiger partial charge in [-0.15, -0.1) is 35.3 Å². The van der Waals surface area contributed by atoms with Crippen molar-refractivity contribution < 1.29 is 0 Å². The molecular weight excluding hydrogens is 463 g/mol. The van der Waals surface area contributed by atoms with Gasteiger partial charge in [-0.1, -0.05) is 0 Å². The lowest BCUT2D eigenvalue weighted by Crippen LogP contribution is -2.41. The number of hydrogen-bond acceptors (Lipinski definition) is 6. The Bertz CT molecular complexity index is 694. The molecule has 0 spiro atoms. The van der Waals surface area contributed by atoms with E-state index in [-0.39, 0.29) is 30.0 Å². The first-order valence-corrected chi connectivity index (χ1v) is 9.00. The lowest BCUT2D eigenvalue weighted by atomic mass is 10.1. The van der Waals surface area contributed by atoms with E-state index in [2.05, 4.69) is 50.1 Å². The van der Waals surface area contributed by atoms with Crippen molar-refractivity contribution in [1.82, 2.24) is 30.3 Å². The summed E-state index contributed by atoms with van der Waals surface area (Å²) in [6.45, 7) is 1.38. The van der Waals surface area contributed by atoms with Gasteiger partial charge in [-0.05, 0) is 14.1 Å². The summed E-state index contributed by atoms with van der Waals surface area (Å²) in [5.41, 5.74) is 2.18. The summed E-state index contributed by atoms with van der Waals surface area (Å²) >= 11 is 1.64. The SMILES string of the molecule is CN=C(NCc1csc(N(C)C)n1)NCC(c1cnn(C)c1)N(C)C.I. The Morgan fingerprint density at radius 1 is 1.31 bits per heavy atom. The number of aryl methyl sites for hydroxylation is 1. The monoisotopic (exact) mass is 492 g/mol. The number of rotatable bonds is 7. The Hall–Kier alpha value is -1.40. The van der Waals surface area contributed by atoms with E-state index in [4.69, 9.17) is 0 Å². The first-order valence-electron chi connectivity index (χ1n) is 8.12. The third-order valence-corrected chi connectivity index (χ3v) is 4.84. The number of aliphatic imine (C=N–C) groups is 1. The maximum absolute atomic E-state index is 4.57. The highest BCUT2D eigenvalue weighted by Crippen LogP contribution is 2.18. The minimum atomic E-state index is 0. The van der Waals surface area contributed by atoms with Crippen molar-refractivity contribution in [2.45, 2.75) is 12.6 Å². The van der Waals surface area contributed by atoms with Gasteiger partial charge in [0.25, 0.3) is 0 Å². The molecule has 0 aliphatic heterocycles. The van der Waals surface area contributed by atoms with Crippen LogP contribution >= 0.6 is 35.3 Å². The Balaban J connectivity index is 0.00000338.